The van der Waals surface area contributed by atoms with E-state index in [2.05, 4.69) is 57.3 Å². The van der Waals surface area contributed by atoms with E-state index in [1.165, 1.54) is 23.4 Å². The summed E-state index contributed by atoms with van der Waals surface area (Å²) in [5.41, 5.74) is 6.66. The van der Waals surface area contributed by atoms with Gasteiger partial charge in [-0.3, -0.25) is 9.88 Å². The first-order chi connectivity index (χ1) is 17.0. The number of aromatic nitrogens is 2. The van der Waals surface area contributed by atoms with Crippen molar-refractivity contribution in [2.24, 2.45) is 5.41 Å². The number of nitrogens with one attached hydrogen (secondary N) is 1. The highest BCUT2D eigenvalue weighted by Gasteiger charge is 2.44. The third-order valence-electron chi connectivity index (χ3n) is 8.73. The highest BCUT2D eigenvalue weighted by Crippen LogP contribution is 2.42. The van der Waals surface area contributed by atoms with E-state index in [1.54, 1.807) is 0 Å². The molecule has 35 heavy (non-hydrogen) atoms. The van der Waals surface area contributed by atoms with Gasteiger partial charge >= 0.3 is 0 Å². The molecule has 4 aliphatic heterocycles. The largest absolute Gasteiger partial charge is 0.368 e. The maximum absolute atomic E-state index is 9.63. The summed E-state index contributed by atoms with van der Waals surface area (Å²) in [6, 6.07) is 15.9. The first-order valence-electron chi connectivity index (χ1n) is 12.8. The van der Waals surface area contributed by atoms with Crippen LogP contribution in [-0.4, -0.2) is 68.0 Å². The molecular formula is C27H30BN7. The first-order valence-corrected chi connectivity index (χ1v) is 12.8. The van der Waals surface area contributed by atoms with E-state index in [9.17, 15) is 5.26 Å². The highest BCUT2D eigenvalue weighted by atomic mass is 15.3. The Morgan fingerprint density at radius 1 is 1.09 bits per heavy atom. The Morgan fingerprint density at radius 2 is 1.97 bits per heavy atom. The molecule has 2 atom stereocenters. The van der Waals surface area contributed by atoms with Crippen molar-refractivity contribution in [1.82, 2.24) is 20.2 Å². The summed E-state index contributed by atoms with van der Waals surface area (Å²) in [4.78, 5) is 17.5. The van der Waals surface area contributed by atoms with Crippen molar-refractivity contribution in [1.29, 1.82) is 5.26 Å². The number of hydrogen-bond acceptors (Lipinski definition) is 7. The Balaban J connectivity index is 1.19. The maximum Gasteiger partial charge on any atom is 0.163 e. The number of rotatable bonds is 2. The summed E-state index contributed by atoms with van der Waals surface area (Å²) >= 11 is 0. The molecule has 3 aromatic rings. The van der Waals surface area contributed by atoms with Gasteiger partial charge in [0.25, 0.3) is 0 Å². The third kappa shape index (κ3) is 3.25. The maximum atomic E-state index is 9.63. The number of piperazine rings is 1. The molecule has 1 spiro atoms. The molecule has 0 amide bonds. The smallest absolute Gasteiger partial charge is 0.163 e. The lowest BCUT2D eigenvalue weighted by Crippen LogP contribution is -2.54. The lowest BCUT2D eigenvalue weighted by molar-refractivity contribution is 0.133. The Labute approximate surface area is 207 Å². The van der Waals surface area contributed by atoms with Gasteiger partial charge in [0.2, 0.25) is 0 Å². The van der Waals surface area contributed by atoms with E-state index in [-0.39, 0.29) is 0 Å². The molecule has 3 saturated heterocycles. The van der Waals surface area contributed by atoms with Gasteiger partial charge in [-0.2, -0.15) is 5.26 Å². The van der Waals surface area contributed by atoms with Crippen LogP contribution in [0.5, 0.6) is 0 Å². The molecule has 0 aliphatic carbocycles. The summed E-state index contributed by atoms with van der Waals surface area (Å²) in [5.74, 6) is 1.15. The van der Waals surface area contributed by atoms with Crippen LogP contribution in [0.2, 0.25) is 0 Å². The summed E-state index contributed by atoms with van der Waals surface area (Å²) in [6.45, 7) is 9.67. The molecule has 7 nitrogen and oxygen atoms in total. The van der Waals surface area contributed by atoms with Crippen molar-refractivity contribution in [3.8, 4) is 6.07 Å². The number of hydrogen-bond donors (Lipinski definition) is 1. The molecule has 0 unspecified atom stereocenters. The summed E-state index contributed by atoms with van der Waals surface area (Å²) < 4.78 is 0. The molecule has 4 aliphatic rings. The van der Waals surface area contributed by atoms with E-state index in [0.29, 0.717) is 23.1 Å². The average molecular weight is 463 g/mol. The Hall–Kier alpha value is -3.15. The lowest BCUT2D eigenvalue weighted by Gasteiger charge is -2.43. The van der Waals surface area contributed by atoms with Crippen LogP contribution in [0, 0.1) is 16.7 Å². The standard InChI is InChI=1S/C27H30BN7/c1-17-11-34(22-5-2-18(10-29)26-20(22)3-6-24(28)32-26)13-23-19-4-7-25(31-21(19)12-35(17)23)33-9-8-27(16-33)14-30-15-27/h2-7,17,23,30H,8-9,11-16,28H2,1H3/t17-,23-/m1/s1. The number of pyridine rings is 2. The fourth-order valence-corrected chi connectivity index (χ4v) is 6.70. The molecule has 0 saturated carbocycles. The minimum Gasteiger partial charge on any atom is -0.368 e. The predicted molar refractivity (Wildman–Crippen MR) is 141 cm³/mol. The highest BCUT2D eigenvalue weighted by molar-refractivity contribution is 6.31. The molecule has 6 heterocycles. The van der Waals surface area contributed by atoms with Crippen molar-refractivity contribution >= 4 is 35.8 Å². The average Bonchev–Trinajstić information content (AvgIpc) is 3.46. The van der Waals surface area contributed by atoms with E-state index < -0.39 is 0 Å². The van der Waals surface area contributed by atoms with Gasteiger partial charge in [0.1, 0.15) is 11.9 Å². The van der Waals surface area contributed by atoms with E-state index >= 15 is 0 Å². The van der Waals surface area contributed by atoms with Crippen molar-refractivity contribution < 1.29 is 0 Å². The Morgan fingerprint density at radius 3 is 2.74 bits per heavy atom. The predicted octanol–water partition coefficient (Wildman–Crippen LogP) is 1.32. The summed E-state index contributed by atoms with van der Waals surface area (Å²) in [7, 11) is 1.98. The molecule has 7 rings (SSSR count). The van der Waals surface area contributed by atoms with Crippen molar-refractivity contribution in [3.05, 3.63) is 53.2 Å². The van der Waals surface area contributed by atoms with Crippen LogP contribution in [0.1, 0.15) is 36.2 Å². The van der Waals surface area contributed by atoms with Crippen LogP contribution in [0.4, 0.5) is 11.5 Å². The first kappa shape index (κ1) is 21.2. The summed E-state index contributed by atoms with van der Waals surface area (Å²) in [5, 5.41) is 14.1. The van der Waals surface area contributed by atoms with Gasteiger partial charge in [0.05, 0.1) is 22.8 Å². The van der Waals surface area contributed by atoms with Gasteiger partial charge in [-0.25, -0.2) is 4.98 Å². The van der Waals surface area contributed by atoms with Gasteiger partial charge < -0.3 is 15.1 Å². The second-order valence-electron chi connectivity index (χ2n) is 11.0. The zero-order chi connectivity index (χ0) is 23.7. The second kappa shape index (κ2) is 7.68. The van der Waals surface area contributed by atoms with Gasteiger partial charge in [0.15, 0.2) is 7.85 Å². The van der Waals surface area contributed by atoms with Crippen molar-refractivity contribution in [3.63, 3.8) is 0 Å². The van der Waals surface area contributed by atoms with Gasteiger partial charge in [-0.1, -0.05) is 12.1 Å². The molecule has 0 bridgehead atoms. The zero-order valence-corrected chi connectivity index (χ0v) is 20.5. The van der Waals surface area contributed by atoms with E-state index in [1.807, 2.05) is 20.0 Å². The molecule has 1 aromatic carbocycles. The molecule has 3 fully saturated rings. The van der Waals surface area contributed by atoms with Crippen molar-refractivity contribution in [2.45, 2.75) is 32.0 Å². The lowest BCUT2D eigenvalue weighted by atomic mass is 9.81. The van der Waals surface area contributed by atoms with Crippen LogP contribution >= 0.6 is 0 Å². The number of nitriles is 1. The van der Waals surface area contributed by atoms with Crippen LogP contribution in [0.3, 0.4) is 0 Å². The molecule has 0 radical (unpaired) electrons. The fourth-order valence-electron chi connectivity index (χ4n) is 6.70. The molecule has 2 aromatic heterocycles. The minimum atomic E-state index is 0.333. The van der Waals surface area contributed by atoms with Crippen LogP contribution < -0.4 is 20.7 Å². The van der Waals surface area contributed by atoms with Gasteiger partial charge in [-0.05, 0) is 48.8 Å². The monoisotopic (exact) mass is 463 g/mol. The minimum absolute atomic E-state index is 0.333. The van der Waals surface area contributed by atoms with E-state index in [0.717, 1.165) is 68.1 Å². The topological polar surface area (TPSA) is 71.3 Å². The van der Waals surface area contributed by atoms with Gasteiger partial charge in [-0.15, -0.1) is 0 Å². The zero-order valence-electron chi connectivity index (χ0n) is 20.5. The number of fused-ring (bicyclic) bond motifs is 4. The van der Waals surface area contributed by atoms with E-state index in [4.69, 9.17) is 9.97 Å². The number of nitrogens with zero attached hydrogens (tertiary/aromatic N) is 6. The Kier molecular flexibility index (Phi) is 4.64. The summed E-state index contributed by atoms with van der Waals surface area (Å²) in [6.07, 6.45) is 1.27. The third-order valence-corrected chi connectivity index (χ3v) is 8.73. The fraction of sp³-hybridized carbons (Fsp3) is 0.444. The second-order valence-corrected chi connectivity index (χ2v) is 11.0. The normalized spacial score (nSPS) is 24.9. The molecule has 8 heteroatoms. The molecular weight excluding hydrogens is 433 g/mol. The number of benzene rings is 1. The molecule has 1 N–H and O–H groups in total. The van der Waals surface area contributed by atoms with Crippen LogP contribution in [0.15, 0.2) is 36.4 Å². The van der Waals surface area contributed by atoms with Crippen molar-refractivity contribution in [2.75, 3.05) is 49.1 Å². The van der Waals surface area contributed by atoms with Crippen LogP contribution in [0.25, 0.3) is 10.9 Å². The SMILES string of the molecule is Bc1ccc2c(N3C[C@@H](C)N4Cc5nc(N6CCC7(CNC7)C6)ccc5[C@H]4C3)ccc(C#N)c2n1. The number of anilines is 2. The quantitative estimate of drug-likeness (QED) is 0.575. The van der Waals surface area contributed by atoms with Gasteiger partial charge in [0, 0.05) is 68.3 Å². The van der Waals surface area contributed by atoms with Crippen LogP contribution in [-0.2, 0) is 6.54 Å². The molecule has 176 valence electrons. The Bertz CT molecular complexity index is 1380.